The Balaban J connectivity index is 1.64. The van der Waals surface area contributed by atoms with Crippen molar-refractivity contribution in [2.45, 2.75) is 26.8 Å². The highest BCUT2D eigenvalue weighted by Gasteiger charge is 2.39. The van der Waals surface area contributed by atoms with Crippen LogP contribution in [0, 0.1) is 5.92 Å². The number of amides is 2. The lowest BCUT2D eigenvalue weighted by atomic mass is 9.95. The number of carbonyl (C=O) groups is 4. The number of carbonyl (C=O) groups excluding carboxylic acids is 4. The van der Waals surface area contributed by atoms with Gasteiger partial charge in [0, 0.05) is 0 Å². The summed E-state index contributed by atoms with van der Waals surface area (Å²) in [5, 5.41) is 2.47. The van der Waals surface area contributed by atoms with Crippen molar-refractivity contribution in [3.05, 3.63) is 85.1 Å². The molecule has 0 radical (unpaired) electrons. The number of ether oxygens (including phenoxy) is 4. The van der Waals surface area contributed by atoms with E-state index in [-0.39, 0.29) is 51.3 Å². The van der Waals surface area contributed by atoms with Crippen LogP contribution in [0.3, 0.4) is 0 Å². The van der Waals surface area contributed by atoms with Gasteiger partial charge >= 0.3 is 11.9 Å². The van der Waals surface area contributed by atoms with E-state index in [0.717, 1.165) is 11.3 Å². The number of allylic oxidation sites excluding steroid dienone is 1. The normalized spacial score (nSPS) is 17.9. The second kappa shape index (κ2) is 14.1. The number of benzene rings is 2. The number of aromatic nitrogens is 1. The number of fused-ring (bicyclic) bond motifs is 1. The average Bonchev–Trinajstić information content (AvgIpc) is 3.35. The number of esters is 2. The number of methoxy groups -OCH3 is 1. The molecule has 1 aromatic heterocycles. The second-order valence-electron chi connectivity index (χ2n) is 10.1. The molecule has 2 aliphatic heterocycles. The molecule has 0 aliphatic carbocycles. The number of thiocarbonyl (C=S) groups is 1. The maximum Gasteiger partial charge on any atom is 0.343 e. The van der Waals surface area contributed by atoms with Crippen LogP contribution >= 0.6 is 23.6 Å². The lowest BCUT2D eigenvalue weighted by Gasteiger charge is -2.31. The van der Waals surface area contributed by atoms with Gasteiger partial charge in [-0.25, -0.2) is 14.6 Å². The first-order chi connectivity index (χ1) is 22.6. The number of hydrogen-bond acceptors (Lipinski definition) is 12. The number of nitrogens with zero attached hydrogens (tertiary/aromatic N) is 3. The molecule has 1 N–H and O–H groups in total. The molecule has 3 aromatic rings. The summed E-state index contributed by atoms with van der Waals surface area (Å²) < 4.78 is 22.8. The minimum atomic E-state index is -1.37. The van der Waals surface area contributed by atoms with Crippen molar-refractivity contribution in [3.63, 3.8) is 0 Å². The molecular weight excluding hydrogens is 649 g/mol. The van der Waals surface area contributed by atoms with Gasteiger partial charge in [-0.05, 0) is 68.9 Å². The molecule has 3 heterocycles. The summed E-state index contributed by atoms with van der Waals surface area (Å²) in [5.41, 5.74) is 0.759. The van der Waals surface area contributed by atoms with Gasteiger partial charge in [0.15, 0.2) is 28.0 Å². The third kappa shape index (κ3) is 6.57. The fourth-order valence-corrected chi connectivity index (χ4v) is 6.46. The number of hydrogen-bond donors (Lipinski definition) is 1. The van der Waals surface area contributed by atoms with Crippen molar-refractivity contribution in [1.29, 1.82) is 0 Å². The number of thiazole rings is 1. The quantitative estimate of drug-likeness (QED) is 0.191. The first-order valence-corrected chi connectivity index (χ1v) is 15.7. The Kier molecular flexibility index (Phi) is 9.96. The first-order valence-electron chi connectivity index (χ1n) is 14.5. The Morgan fingerprint density at radius 2 is 1.79 bits per heavy atom. The van der Waals surface area contributed by atoms with Crippen molar-refractivity contribution < 1.29 is 38.1 Å². The van der Waals surface area contributed by atoms with Crippen molar-refractivity contribution >= 4 is 64.2 Å². The van der Waals surface area contributed by atoms with Gasteiger partial charge in [0.1, 0.15) is 5.92 Å². The highest BCUT2D eigenvalue weighted by atomic mass is 32.1. The predicted molar refractivity (Wildman–Crippen MR) is 175 cm³/mol. The second-order valence-corrected chi connectivity index (χ2v) is 11.5. The molecule has 2 aromatic carbocycles. The largest absolute Gasteiger partial charge is 0.490 e. The average molecular weight is 679 g/mol. The molecule has 15 heteroatoms. The number of nitrogens with one attached hydrogen (secondary N) is 1. The molecule has 0 spiro atoms. The van der Waals surface area contributed by atoms with E-state index in [2.05, 4.69) is 15.0 Å². The molecule has 0 unspecified atom stereocenters. The predicted octanol–water partition coefficient (Wildman–Crippen LogP) is 1.76. The maximum absolute atomic E-state index is 14.1. The van der Waals surface area contributed by atoms with E-state index in [1.165, 1.54) is 22.7 Å². The fourth-order valence-electron chi connectivity index (χ4n) is 5.11. The third-order valence-corrected chi connectivity index (χ3v) is 8.49. The monoisotopic (exact) mass is 678 g/mol. The summed E-state index contributed by atoms with van der Waals surface area (Å²) in [7, 11) is 1.24. The number of rotatable bonds is 10. The standard InChI is InChI=1S/C32H30N4O9S2/c1-5-43-22-14-18(12-13-21(22)45-16-24(37)42-4)26-25(30(41)44-6-2)17(3)33-32-36(26)29(40)23(47-32)15-20-27(38)34-31(46)35(28(20)39)19-10-8-7-9-11-19/h7-15,20,26H,5-6,16H2,1-4H3,(H,34,38,46)/b23-15-/t20-,26-/m1/s1. The van der Waals surface area contributed by atoms with Gasteiger partial charge < -0.3 is 24.3 Å². The molecule has 1 saturated heterocycles. The molecule has 2 aliphatic rings. The van der Waals surface area contributed by atoms with Gasteiger partial charge in [0.05, 0.1) is 47.9 Å². The molecule has 47 heavy (non-hydrogen) atoms. The van der Waals surface area contributed by atoms with Crippen molar-refractivity contribution in [2.75, 3.05) is 31.8 Å². The molecular formula is C32H30N4O9S2. The summed E-state index contributed by atoms with van der Waals surface area (Å²) in [6, 6.07) is 12.4. The van der Waals surface area contributed by atoms with E-state index >= 15 is 0 Å². The van der Waals surface area contributed by atoms with E-state index in [9.17, 15) is 24.0 Å². The number of para-hydroxylation sites is 1. The van der Waals surface area contributed by atoms with Crippen LogP contribution in [-0.4, -0.2) is 60.4 Å². The summed E-state index contributed by atoms with van der Waals surface area (Å²) in [4.78, 5) is 71.8. The molecule has 2 atom stereocenters. The van der Waals surface area contributed by atoms with Crippen LogP contribution in [-0.2, 0) is 28.7 Å². The highest BCUT2D eigenvalue weighted by molar-refractivity contribution is 7.80. The highest BCUT2D eigenvalue weighted by Crippen LogP contribution is 2.36. The Morgan fingerprint density at radius 1 is 1.04 bits per heavy atom. The van der Waals surface area contributed by atoms with Gasteiger partial charge in [0.25, 0.3) is 5.56 Å². The van der Waals surface area contributed by atoms with Gasteiger partial charge in [-0.1, -0.05) is 35.6 Å². The summed E-state index contributed by atoms with van der Waals surface area (Å²) in [6.07, 6.45) is 1.29. The van der Waals surface area contributed by atoms with Gasteiger partial charge in [0.2, 0.25) is 11.8 Å². The van der Waals surface area contributed by atoms with Crippen LogP contribution < -0.4 is 34.6 Å². The van der Waals surface area contributed by atoms with E-state index in [1.54, 1.807) is 69.3 Å². The fraction of sp³-hybridized carbons (Fsp3) is 0.281. The molecule has 0 bridgehead atoms. The minimum Gasteiger partial charge on any atom is -0.490 e. The van der Waals surface area contributed by atoms with Crippen LogP contribution in [0.4, 0.5) is 5.69 Å². The topological polar surface area (TPSA) is 155 Å². The van der Waals surface area contributed by atoms with E-state index < -0.39 is 41.3 Å². The minimum absolute atomic E-state index is 0.0593. The van der Waals surface area contributed by atoms with Crippen LogP contribution in [0.5, 0.6) is 11.5 Å². The zero-order valence-electron chi connectivity index (χ0n) is 25.8. The van der Waals surface area contributed by atoms with E-state index in [4.69, 9.17) is 26.4 Å². The SMILES string of the molecule is CCOC(=O)C1=C(C)N=c2s/c(=C\[C@@H]3C(=O)NC(=S)N(c4ccccc4)C3=O)c(=O)n2[C@@H]1c1ccc(OCC(=O)OC)c(OCC)c1. The Hall–Kier alpha value is -5.15. The molecule has 1 fully saturated rings. The van der Waals surface area contributed by atoms with Crippen LogP contribution in [0.2, 0.25) is 0 Å². The van der Waals surface area contributed by atoms with E-state index in [1.807, 2.05) is 0 Å². The third-order valence-electron chi connectivity index (χ3n) is 7.21. The van der Waals surface area contributed by atoms with Crippen LogP contribution in [0.25, 0.3) is 6.08 Å². The summed E-state index contributed by atoms with van der Waals surface area (Å²) in [6.45, 7) is 5.03. The van der Waals surface area contributed by atoms with Gasteiger partial charge in [-0.2, -0.15) is 0 Å². The lowest BCUT2D eigenvalue weighted by Crippen LogP contribution is -2.58. The lowest BCUT2D eigenvalue weighted by molar-refractivity contribution is -0.143. The molecule has 13 nitrogen and oxygen atoms in total. The van der Waals surface area contributed by atoms with Crippen molar-refractivity contribution in [1.82, 2.24) is 9.88 Å². The Morgan fingerprint density at radius 3 is 2.47 bits per heavy atom. The van der Waals surface area contributed by atoms with Gasteiger partial charge in [-0.3, -0.25) is 23.9 Å². The first kappa shape index (κ1) is 33.2. The Bertz CT molecular complexity index is 1980. The smallest absolute Gasteiger partial charge is 0.343 e. The Labute approximate surface area is 277 Å². The summed E-state index contributed by atoms with van der Waals surface area (Å²) >= 11 is 6.25. The summed E-state index contributed by atoms with van der Waals surface area (Å²) in [5.74, 6) is -3.44. The van der Waals surface area contributed by atoms with Crippen molar-refractivity contribution in [3.8, 4) is 11.5 Å². The maximum atomic E-state index is 14.1. The zero-order chi connectivity index (χ0) is 33.8. The molecule has 0 saturated carbocycles. The zero-order valence-corrected chi connectivity index (χ0v) is 27.4. The molecule has 5 rings (SSSR count). The van der Waals surface area contributed by atoms with E-state index in [0.29, 0.717) is 16.9 Å². The van der Waals surface area contributed by atoms with Crippen LogP contribution in [0.1, 0.15) is 32.4 Å². The van der Waals surface area contributed by atoms with Crippen LogP contribution in [0.15, 0.2) is 69.6 Å². The number of anilines is 1. The molecule has 2 amide bonds. The molecule has 244 valence electrons. The van der Waals surface area contributed by atoms with Crippen molar-refractivity contribution in [2.24, 2.45) is 10.9 Å². The van der Waals surface area contributed by atoms with Gasteiger partial charge in [-0.15, -0.1) is 0 Å².